The van der Waals surface area contributed by atoms with Gasteiger partial charge >= 0.3 is 6.09 Å². The molecule has 1 atom stereocenters. The Morgan fingerprint density at radius 2 is 2.07 bits per heavy atom. The third-order valence-corrected chi connectivity index (χ3v) is 5.07. The maximum absolute atomic E-state index is 13.4. The van der Waals surface area contributed by atoms with Crippen molar-refractivity contribution in [3.05, 3.63) is 22.7 Å². The van der Waals surface area contributed by atoms with Crippen LogP contribution in [-0.2, 0) is 4.74 Å². The van der Waals surface area contributed by atoms with Crippen molar-refractivity contribution in [2.75, 3.05) is 40.5 Å². The minimum absolute atomic E-state index is 0.0270. The molecule has 1 saturated heterocycles. The average molecular weight is 428 g/mol. The zero-order valence-corrected chi connectivity index (χ0v) is 18.2. The summed E-state index contributed by atoms with van der Waals surface area (Å²) in [4.78, 5) is 26.4. The molecular weight excluding hydrogens is 398 g/mol. The van der Waals surface area contributed by atoms with Gasteiger partial charge in [-0.15, -0.1) is 0 Å². The zero-order chi connectivity index (χ0) is 21.4. The van der Waals surface area contributed by atoms with Crippen molar-refractivity contribution in [2.45, 2.75) is 38.8 Å². The number of alkyl carbamates (subject to hydrolysis) is 1. The number of carbonyl (C=O) groups is 2. The Labute approximate surface area is 176 Å². The van der Waals surface area contributed by atoms with Gasteiger partial charge in [-0.05, 0) is 39.3 Å². The van der Waals surface area contributed by atoms with Crippen molar-refractivity contribution in [3.63, 3.8) is 0 Å². The monoisotopic (exact) mass is 427 g/mol. The normalized spacial score (nSPS) is 16.3. The fourth-order valence-corrected chi connectivity index (χ4v) is 3.62. The Balaban J connectivity index is 2.21. The summed E-state index contributed by atoms with van der Waals surface area (Å²) in [6.07, 6.45) is 1.44. The number of ether oxygens (including phenoxy) is 3. The lowest BCUT2D eigenvalue weighted by molar-refractivity contribution is 0.0573. The van der Waals surface area contributed by atoms with Crippen LogP contribution in [0.1, 0.15) is 37.0 Å². The van der Waals surface area contributed by atoms with Crippen LogP contribution in [0.5, 0.6) is 11.5 Å². The number of carbonyl (C=O) groups excluding carboxylic acids is 2. The summed E-state index contributed by atoms with van der Waals surface area (Å²) in [5.41, 5.74) is 0.364. The van der Waals surface area contributed by atoms with Crippen molar-refractivity contribution < 1.29 is 23.8 Å². The van der Waals surface area contributed by atoms with E-state index in [1.165, 1.54) is 14.2 Å². The molecule has 0 bridgehead atoms. The molecule has 1 heterocycles. The van der Waals surface area contributed by atoms with Crippen LogP contribution < -0.4 is 20.1 Å². The fourth-order valence-electron chi connectivity index (χ4n) is 3.39. The second-order valence-electron chi connectivity index (χ2n) is 7.06. The summed E-state index contributed by atoms with van der Waals surface area (Å²) < 4.78 is 15.6. The van der Waals surface area contributed by atoms with E-state index in [0.29, 0.717) is 22.1 Å². The van der Waals surface area contributed by atoms with E-state index in [9.17, 15) is 9.59 Å². The predicted octanol–water partition coefficient (Wildman–Crippen LogP) is 2.69. The van der Waals surface area contributed by atoms with Crippen molar-refractivity contribution >= 4 is 23.6 Å². The molecule has 0 saturated carbocycles. The van der Waals surface area contributed by atoms with Gasteiger partial charge in [0.25, 0.3) is 5.91 Å². The SMILES string of the molecule is COC(=O)NCCOc1cc(C(=O)N(C(C)C)[C@@H]2CCCNC2)c(Cl)cc1OC. The maximum atomic E-state index is 13.4. The zero-order valence-electron chi connectivity index (χ0n) is 17.4. The highest BCUT2D eigenvalue weighted by molar-refractivity contribution is 6.34. The van der Waals surface area contributed by atoms with Crippen LogP contribution in [0.25, 0.3) is 0 Å². The van der Waals surface area contributed by atoms with Gasteiger partial charge in [0.05, 0.1) is 31.4 Å². The topological polar surface area (TPSA) is 89.1 Å². The maximum Gasteiger partial charge on any atom is 0.406 e. The van der Waals surface area contributed by atoms with Crippen molar-refractivity contribution in [2.24, 2.45) is 0 Å². The summed E-state index contributed by atoms with van der Waals surface area (Å²) in [6.45, 7) is 6.16. The first-order valence-electron chi connectivity index (χ1n) is 9.74. The van der Waals surface area contributed by atoms with Crippen LogP contribution in [0, 0.1) is 0 Å². The van der Waals surface area contributed by atoms with Crippen LogP contribution in [0.3, 0.4) is 0 Å². The minimum Gasteiger partial charge on any atom is -0.493 e. The molecule has 0 aliphatic carbocycles. The third kappa shape index (κ3) is 6.14. The van der Waals surface area contributed by atoms with Gasteiger partial charge in [-0.3, -0.25) is 4.79 Å². The van der Waals surface area contributed by atoms with E-state index >= 15 is 0 Å². The molecule has 1 aromatic rings. The van der Waals surface area contributed by atoms with Gasteiger partial charge in [0, 0.05) is 24.7 Å². The third-order valence-electron chi connectivity index (χ3n) is 4.75. The van der Waals surface area contributed by atoms with Gasteiger partial charge in [-0.2, -0.15) is 0 Å². The lowest BCUT2D eigenvalue weighted by atomic mass is 10.0. The van der Waals surface area contributed by atoms with Crippen LogP contribution in [0.15, 0.2) is 12.1 Å². The summed E-state index contributed by atoms with van der Waals surface area (Å²) in [5, 5.41) is 6.19. The fraction of sp³-hybridized carbons (Fsp3) is 0.600. The molecule has 1 aliphatic heterocycles. The minimum atomic E-state index is -0.541. The number of nitrogens with one attached hydrogen (secondary N) is 2. The Morgan fingerprint density at radius 3 is 2.66 bits per heavy atom. The molecule has 2 amide bonds. The van der Waals surface area contributed by atoms with Gasteiger partial charge < -0.3 is 29.7 Å². The average Bonchev–Trinajstić information content (AvgIpc) is 2.71. The Morgan fingerprint density at radius 1 is 1.31 bits per heavy atom. The van der Waals surface area contributed by atoms with E-state index < -0.39 is 6.09 Å². The number of nitrogens with zero attached hydrogens (tertiary/aromatic N) is 1. The van der Waals surface area contributed by atoms with Crippen LogP contribution in [-0.4, -0.2) is 69.4 Å². The van der Waals surface area contributed by atoms with Crippen molar-refractivity contribution in [1.82, 2.24) is 15.5 Å². The molecule has 0 radical (unpaired) electrons. The van der Waals surface area contributed by atoms with E-state index in [4.69, 9.17) is 21.1 Å². The Hall–Kier alpha value is -2.19. The summed E-state index contributed by atoms with van der Waals surface area (Å²) in [6, 6.07) is 3.32. The number of benzene rings is 1. The van der Waals surface area contributed by atoms with Crippen LogP contribution >= 0.6 is 11.6 Å². The molecule has 8 nitrogen and oxygen atoms in total. The number of methoxy groups -OCH3 is 2. The molecular formula is C20H30ClN3O5. The lowest BCUT2D eigenvalue weighted by Gasteiger charge is -2.38. The first-order chi connectivity index (χ1) is 13.9. The van der Waals surface area contributed by atoms with E-state index in [1.54, 1.807) is 12.1 Å². The highest BCUT2D eigenvalue weighted by Gasteiger charge is 2.30. The van der Waals surface area contributed by atoms with Gasteiger partial charge in [0.15, 0.2) is 11.5 Å². The summed E-state index contributed by atoms with van der Waals surface area (Å²) in [7, 11) is 2.79. The summed E-state index contributed by atoms with van der Waals surface area (Å²) >= 11 is 6.41. The van der Waals surface area contributed by atoms with E-state index in [1.807, 2.05) is 18.7 Å². The molecule has 0 unspecified atom stereocenters. The largest absolute Gasteiger partial charge is 0.493 e. The van der Waals surface area contributed by atoms with Crippen molar-refractivity contribution in [3.8, 4) is 11.5 Å². The number of piperidine rings is 1. The predicted molar refractivity (Wildman–Crippen MR) is 111 cm³/mol. The number of halogens is 1. The molecule has 2 rings (SSSR count). The Bertz CT molecular complexity index is 708. The number of hydrogen-bond acceptors (Lipinski definition) is 6. The van der Waals surface area contributed by atoms with E-state index in [-0.39, 0.29) is 31.1 Å². The van der Waals surface area contributed by atoms with Gasteiger partial charge in [-0.1, -0.05) is 11.6 Å². The highest BCUT2D eigenvalue weighted by atomic mass is 35.5. The Kier molecular flexibility index (Phi) is 8.85. The molecule has 0 aromatic heterocycles. The van der Waals surface area contributed by atoms with Crippen LogP contribution in [0.4, 0.5) is 4.79 Å². The second-order valence-corrected chi connectivity index (χ2v) is 7.46. The lowest BCUT2D eigenvalue weighted by Crippen LogP contribution is -2.51. The molecule has 29 heavy (non-hydrogen) atoms. The standard InChI is InChI=1S/C20H30ClN3O5/c1-13(2)24(14-6-5-7-22-12-14)19(25)15-10-18(17(27-3)11-16(15)21)29-9-8-23-20(26)28-4/h10-11,13-14,22H,5-9,12H2,1-4H3,(H,23,26)/t14-/m1/s1. The van der Waals surface area contributed by atoms with Gasteiger partial charge in [-0.25, -0.2) is 4.79 Å². The van der Waals surface area contributed by atoms with E-state index in [0.717, 1.165) is 25.9 Å². The quantitative estimate of drug-likeness (QED) is 0.620. The summed E-state index contributed by atoms with van der Waals surface area (Å²) in [5.74, 6) is 0.663. The molecule has 1 fully saturated rings. The molecule has 2 N–H and O–H groups in total. The first-order valence-corrected chi connectivity index (χ1v) is 10.1. The van der Waals surface area contributed by atoms with Gasteiger partial charge in [0.2, 0.25) is 0 Å². The molecule has 1 aliphatic rings. The smallest absolute Gasteiger partial charge is 0.406 e. The van der Waals surface area contributed by atoms with E-state index in [2.05, 4.69) is 15.4 Å². The highest BCUT2D eigenvalue weighted by Crippen LogP contribution is 2.34. The molecule has 1 aromatic carbocycles. The second kappa shape index (κ2) is 11.1. The van der Waals surface area contributed by atoms with Crippen molar-refractivity contribution in [1.29, 1.82) is 0 Å². The number of hydrogen-bond donors (Lipinski definition) is 2. The first kappa shape index (κ1) is 23.1. The molecule has 9 heteroatoms. The number of rotatable bonds is 8. The van der Waals surface area contributed by atoms with Crippen LogP contribution in [0.2, 0.25) is 5.02 Å². The number of amides is 2. The van der Waals surface area contributed by atoms with Gasteiger partial charge in [0.1, 0.15) is 6.61 Å². The molecule has 0 spiro atoms. The molecule has 162 valence electrons.